The number of carbonyl (C=O) groups is 2. The second-order valence-corrected chi connectivity index (χ2v) is 8.75. The van der Waals surface area contributed by atoms with Gasteiger partial charge < -0.3 is 25.8 Å². The molecule has 1 saturated heterocycles. The van der Waals surface area contributed by atoms with Crippen molar-refractivity contribution in [3.8, 4) is 0 Å². The lowest BCUT2D eigenvalue weighted by atomic mass is 9.82. The van der Waals surface area contributed by atoms with Crippen LogP contribution in [0.1, 0.15) is 42.7 Å². The van der Waals surface area contributed by atoms with E-state index >= 15 is 0 Å². The molecule has 0 aromatic heterocycles. The van der Waals surface area contributed by atoms with Crippen molar-refractivity contribution in [2.45, 2.75) is 32.9 Å². The van der Waals surface area contributed by atoms with E-state index in [0.717, 1.165) is 43.1 Å². The number of nitrogens with zero attached hydrogens (tertiary/aromatic N) is 2. The van der Waals surface area contributed by atoms with Crippen LogP contribution in [-0.2, 0) is 4.79 Å². The Kier molecular flexibility index (Phi) is 6.37. The lowest BCUT2D eigenvalue weighted by Gasteiger charge is -2.44. The molecule has 2 aliphatic rings. The molecule has 4 rings (SSSR count). The average molecular weight is 436 g/mol. The van der Waals surface area contributed by atoms with Gasteiger partial charge in [-0.2, -0.15) is 0 Å². The minimum absolute atomic E-state index is 0.0457. The summed E-state index contributed by atoms with van der Waals surface area (Å²) < 4.78 is 0. The number of amides is 2. The lowest BCUT2D eigenvalue weighted by molar-refractivity contribution is -0.117. The van der Waals surface area contributed by atoms with Gasteiger partial charge in [0.2, 0.25) is 5.91 Å². The van der Waals surface area contributed by atoms with E-state index in [-0.39, 0.29) is 29.8 Å². The summed E-state index contributed by atoms with van der Waals surface area (Å²) in [6, 6.07) is 14.1. The van der Waals surface area contributed by atoms with Gasteiger partial charge in [0.1, 0.15) is 0 Å². The molecule has 2 amide bonds. The van der Waals surface area contributed by atoms with Gasteiger partial charge in [0.15, 0.2) is 0 Å². The summed E-state index contributed by atoms with van der Waals surface area (Å²) in [6.45, 7) is 9.84. The summed E-state index contributed by atoms with van der Waals surface area (Å²) in [7, 11) is 1.63. The third-order valence-electron chi connectivity index (χ3n) is 6.82. The maximum Gasteiger partial charge on any atom is 0.251 e. The van der Waals surface area contributed by atoms with Crippen molar-refractivity contribution in [3.63, 3.8) is 0 Å². The number of piperazine rings is 1. The van der Waals surface area contributed by atoms with Crippen LogP contribution < -0.4 is 25.8 Å². The third kappa shape index (κ3) is 4.17. The summed E-state index contributed by atoms with van der Waals surface area (Å²) in [5, 5.41) is 9.75. The van der Waals surface area contributed by atoms with Gasteiger partial charge in [-0.05, 0) is 49.4 Å². The van der Waals surface area contributed by atoms with Crippen molar-refractivity contribution in [3.05, 3.63) is 53.6 Å². The number of hydrogen-bond acceptors (Lipinski definition) is 5. The monoisotopic (exact) mass is 435 g/mol. The fourth-order valence-electron chi connectivity index (χ4n) is 4.85. The largest absolute Gasteiger partial charge is 0.378 e. The van der Waals surface area contributed by atoms with E-state index in [2.05, 4.69) is 52.9 Å². The number of fused-ring (bicyclic) bond motifs is 1. The van der Waals surface area contributed by atoms with Gasteiger partial charge in [-0.15, -0.1) is 0 Å². The maximum atomic E-state index is 12.5. The Balaban J connectivity index is 1.70. The summed E-state index contributed by atoms with van der Waals surface area (Å²) in [5.41, 5.74) is 4.89. The van der Waals surface area contributed by atoms with Crippen molar-refractivity contribution in [2.75, 3.05) is 48.3 Å². The van der Waals surface area contributed by atoms with E-state index in [1.165, 1.54) is 5.69 Å². The van der Waals surface area contributed by atoms with Crippen molar-refractivity contribution in [1.29, 1.82) is 0 Å². The van der Waals surface area contributed by atoms with Crippen LogP contribution in [-0.4, -0.2) is 51.1 Å². The molecule has 170 valence electrons. The summed E-state index contributed by atoms with van der Waals surface area (Å²) >= 11 is 0. The Morgan fingerprint density at radius 2 is 1.72 bits per heavy atom. The molecule has 3 unspecified atom stereocenters. The quantitative estimate of drug-likeness (QED) is 0.688. The van der Waals surface area contributed by atoms with Gasteiger partial charge in [0.05, 0.1) is 6.04 Å². The van der Waals surface area contributed by atoms with E-state index in [0.29, 0.717) is 5.56 Å². The van der Waals surface area contributed by atoms with Gasteiger partial charge in [0, 0.05) is 80.3 Å². The van der Waals surface area contributed by atoms with Crippen molar-refractivity contribution in [2.24, 2.45) is 5.92 Å². The zero-order chi connectivity index (χ0) is 22.8. The first-order valence-electron chi connectivity index (χ1n) is 11.4. The van der Waals surface area contributed by atoms with Gasteiger partial charge in [0.25, 0.3) is 5.91 Å². The Morgan fingerprint density at radius 3 is 2.34 bits per heavy atom. The molecule has 1 fully saturated rings. The van der Waals surface area contributed by atoms with Crippen molar-refractivity contribution < 1.29 is 9.59 Å². The van der Waals surface area contributed by atoms with Gasteiger partial charge in [-0.25, -0.2) is 0 Å². The highest BCUT2D eigenvalue weighted by Crippen LogP contribution is 2.44. The molecule has 32 heavy (non-hydrogen) atoms. The van der Waals surface area contributed by atoms with Crippen LogP contribution in [0.2, 0.25) is 0 Å². The normalized spacial score (nSPS) is 22.8. The summed E-state index contributed by atoms with van der Waals surface area (Å²) in [5.74, 6) is 0.163. The molecule has 3 N–H and O–H groups in total. The summed E-state index contributed by atoms with van der Waals surface area (Å²) in [4.78, 5) is 28.8. The van der Waals surface area contributed by atoms with Gasteiger partial charge in [-0.1, -0.05) is 6.92 Å². The Bertz CT molecular complexity index is 984. The van der Waals surface area contributed by atoms with E-state index in [4.69, 9.17) is 0 Å². The highest BCUT2D eigenvalue weighted by molar-refractivity contribution is 5.95. The zero-order valence-corrected chi connectivity index (χ0v) is 19.3. The highest BCUT2D eigenvalue weighted by Gasteiger charge is 2.38. The molecule has 2 heterocycles. The van der Waals surface area contributed by atoms with Crippen LogP contribution in [0.15, 0.2) is 42.5 Å². The van der Waals surface area contributed by atoms with Crippen LogP contribution in [0.3, 0.4) is 0 Å². The molecule has 2 aromatic carbocycles. The fraction of sp³-hybridized carbons (Fsp3) is 0.440. The Hall–Kier alpha value is -3.06. The smallest absolute Gasteiger partial charge is 0.251 e. The number of rotatable bonds is 4. The first kappa shape index (κ1) is 22.1. The van der Waals surface area contributed by atoms with Crippen molar-refractivity contribution >= 4 is 28.9 Å². The summed E-state index contributed by atoms with van der Waals surface area (Å²) in [6.07, 6.45) is 0. The topological polar surface area (TPSA) is 76.7 Å². The van der Waals surface area contributed by atoms with Crippen molar-refractivity contribution in [1.82, 2.24) is 10.6 Å². The van der Waals surface area contributed by atoms with Crippen LogP contribution in [0.25, 0.3) is 0 Å². The zero-order valence-electron chi connectivity index (χ0n) is 19.3. The molecule has 0 bridgehead atoms. The number of anilines is 3. The SMILES string of the molecule is CNC(=O)c1ccc(NC2c3cc(N4CCNCC4)ccc3N(C(C)=O)C(C)C2C)cc1. The first-order chi connectivity index (χ1) is 15.4. The molecule has 0 aliphatic carbocycles. The van der Waals surface area contributed by atoms with Crippen LogP contribution in [0.5, 0.6) is 0 Å². The first-order valence-corrected chi connectivity index (χ1v) is 11.4. The Labute approximate surface area is 190 Å². The minimum atomic E-state index is -0.0979. The molecule has 2 aliphatic heterocycles. The number of carbonyl (C=O) groups excluding carboxylic acids is 2. The van der Waals surface area contributed by atoms with Crippen LogP contribution in [0, 0.1) is 5.92 Å². The van der Waals surface area contributed by atoms with E-state index in [1.54, 1.807) is 14.0 Å². The predicted octanol–water partition coefficient (Wildman–Crippen LogP) is 3.00. The number of hydrogen-bond donors (Lipinski definition) is 3. The van der Waals surface area contributed by atoms with Gasteiger partial charge in [-0.3, -0.25) is 9.59 Å². The third-order valence-corrected chi connectivity index (χ3v) is 6.82. The highest BCUT2D eigenvalue weighted by atomic mass is 16.2. The number of nitrogens with one attached hydrogen (secondary N) is 3. The molecule has 7 heteroatoms. The molecule has 3 atom stereocenters. The lowest BCUT2D eigenvalue weighted by Crippen LogP contribution is -2.48. The molecule has 0 spiro atoms. The van der Waals surface area contributed by atoms with Crippen LogP contribution >= 0.6 is 0 Å². The van der Waals surface area contributed by atoms with E-state index in [1.807, 2.05) is 29.2 Å². The second kappa shape index (κ2) is 9.20. The van der Waals surface area contributed by atoms with E-state index in [9.17, 15) is 9.59 Å². The predicted molar refractivity (Wildman–Crippen MR) is 130 cm³/mol. The van der Waals surface area contributed by atoms with Gasteiger partial charge >= 0.3 is 0 Å². The molecule has 7 nitrogen and oxygen atoms in total. The van der Waals surface area contributed by atoms with E-state index < -0.39 is 0 Å². The maximum absolute atomic E-state index is 12.5. The number of benzene rings is 2. The fourth-order valence-corrected chi connectivity index (χ4v) is 4.85. The molecule has 2 aromatic rings. The average Bonchev–Trinajstić information content (AvgIpc) is 2.82. The standard InChI is InChI=1S/C25H33N5O2/c1-16-17(2)30(18(3)31)23-10-9-21(29-13-11-27-12-14-29)15-22(23)24(16)28-20-7-5-19(6-8-20)25(32)26-4/h5-10,15-17,24,27-28H,11-14H2,1-4H3,(H,26,32). The molecule has 0 radical (unpaired) electrons. The molecular formula is C25H33N5O2. The molecular weight excluding hydrogens is 402 g/mol. The minimum Gasteiger partial charge on any atom is -0.378 e. The Morgan fingerprint density at radius 1 is 1.03 bits per heavy atom. The second-order valence-electron chi connectivity index (χ2n) is 8.75. The van der Waals surface area contributed by atoms with Crippen LogP contribution in [0.4, 0.5) is 17.1 Å². The molecule has 0 saturated carbocycles.